The lowest BCUT2D eigenvalue weighted by Crippen LogP contribution is -2.48. The van der Waals surface area contributed by atoms with Crippen LogP contribution in [0.3, 0.4) is 0 Å². The highest BCUT2D eigenvalue weighted by Gasteiger charge is 2.25. The van der Waals surface area contributed by atoms with Crippen molar-refractivity contribution < 1.29 is 9.53 Å². The second-order valence-electron chi connectivity index (χ2n) is 18.0. The summed E-state index contributed by atoms with van der Waals surface area (Å²) in [5.41, 5.74) is 0. The largest absolute Gasteiger partial charge is 0.375 e. The van der Waals surface area contributed by atoms with Crippen molar-refractivity contribution in [2.45, 2.75) is 113 Å². The third-order valence-electron chi connectivity index (χ3n) is 11.4. The van der Waals surface area contributed by atoms with Crippen molar-refractivity contribution in [3.05, 3.63) is 0 Å². The summed E-state index contributed by atoms with van der Waals surface area (Å²) in [7, 11) is 10.9. The molecule has 5 aliphatic rings. The minimum Gasteiger partial charge on any atom is -0.375 e. The van der Waals surface area contributed by atoms with Gasteiger partial charge >= 0.3 is 0 Å². The van der Waals surface area contributed by atoms with Crippen molar-refractivity contribution in [3.63, 3.8) is 0 Å². The normalized spacial score (nSPS) is 22.9. The van der Waals surface area contributed by atoms with Gasteiger partial charge < -0.3 is 34.1 Å². The van der Waals surface area contributed by atoms with E-state index in [-0.39, 0.29) is 5.92 Å². The zero-order valence-corrected chi connectivity index (χ0v) is 36.8. The lowest BCUT2D eigenvalue weighted by Gasteiger charge is -2.38. The Morgan fingerprint density at radius 1 is 0.490 bits per heavy atom. The SMILES string of the molecule is CC(C)C(=O)N1CCN(C)CC1.CC(C)C1CCN(C)CC1.CC(C)C1CN(C)C1.CC(C)N1CCN(C)CC1.CC(C)OC1CCN(C)CC1. The first-order valence-electron chi connectivity index (χ1n) is 21.0. The van der Waals surface area contributed by atoms with Gasteiger partial charge in [0.1, 0.15) is 0 Å². The van der Waals surface area contributed by atoms with E-state index in [1.807, 2.05) is 18.7 Å². The Labute approximate surface area is 318 Å². The van der Waals surface area contributed by atoms with Crippen molar-refractivity contribution in [3.8, 4) is 0 Å². The summed E-state index contributed by atoms with van der Waals surface area (Å²) in [6, 6.07) is 0.730. The molecule has 5 fully saturated rings. The fraction of sp³-hybridized carbons (Fsp3) is 0.976. The maximum absolute atomic E-state index is 11.5. The molecular weight excluding hydrogens is 635 g/mol. The molecular formula is C42H89N7O2. The summed E-state index contributed by atoms with van der Waals surface area (Å²) in [5, 5.41) is 0. The summed E-state index contributed by atoms with van der Waals surface area (Å²) < 4.78 is 5.71. The molecule has 0 atom stereocenters. The van der Waals surface area contributed by atoms with Gasteiger partial charge in [0.15, 0.2) is 0 Å². The molecule has 5 rings (SSSR count). The van der Waals surface area contributed by atoms with Gasteiger partial charge in [-0.2, -0.15) is 0 Å². The molecule has 1 amide bonds. The third-order valence-corrected chi connectivity index (χ3v) is 11.4. The van der Waals surface area contributed by atoms with Crippen LogP contribution in [0, 0.1) is 29.6 Å². The van der Waals surface area contributed by atoms with E-state index in [0.717, 1.165) is 55.9 Å². The lowest BCUT2D eigenvalue weighted by atomic mass is 9.87. The van der Waals surface area contributed by atoms with Gasteiger partial charge in [-0.1, -0.05) is 41.5 Å². The quantitative estimate of drug-likeness (QED) is 0.344. The topological polar surface area (TPSA) is 49.0 Å². The molecule has 0 aromatic carbocycles. The summed E-state index contributed by atoms with van der Waals surface area (Å²) >= 11 is 0. The van der Waals surface area contributed by atoms with E-state index in [4.69, 9.17) is 4.74 Å². The van der Waals surface area contributed by atoms with E-state index in [1.54, 1.807) is 0 Å². The third kappa shape index (κ3) is 21.6. The van der Waals surface area contributed by atoms with Crippen molar-refractivity contribution in [2.24, 2.45) is 29.6 Å². The molecule has 0 spiro atoms. The maximum Gasteiger partial charge on any atom is 0.225 e. The smallest absolute Gasteiger partial charge is 0.225 e. The summed E-state index contributed by atoms with van der Waals surface area (Å²) in [6.07, 6.45) is 6.14. The molecule has 0 aromatic rings. The molecule has 5 heterocycles. The predicted octanol–water partition coefficient (Wildman–Crippen LogP) is 5.75. The lowest BCUT2D eigenvalue weighted by molar-refractivity contribution is -0.136. The zero-order valence-electron chi connectivity index (χ0n) is 36.8. The molecule has 0 radical (unpaired) electrons. The Bertz CT molecular complexity index is 821. The Kier molecular flexibility index (Phi) is 24.6. The Balaban J connectivity index is 0.000000320. The predicted molar refractivity (Wildman–Crippen MR) is 221 cm³/mol. The van der Waals surface area contributed by atoms with E-state index >= 15 is 0 Å². The average Bonchev–Trinajstić information content (AvgIpc) is 3.05. The molecule has 0 bridgehead atoms. The van der Waals surface area contributed by atoms with Gasteiger partial charge in [0, 0.05) is 90.5 Å². The number of piperidine rings is 2. The number of ether oxygens (including phenoxy) is 1. The highest BCUT2D eigenvalue weighted by Crippen LogP contribution is 2.23. The Morgan fingerprint density at radius 3 is 1.22 bits per heavy atom. The molecule has 9 heteroatoms. The van der Waals surface area contributed by atoms with Crippen LogP contribution < -0.4 is 0 Å². The molecule has 9 nitrogen and oxygen atoms in total. The standard InChI is InChI=1S/C9H18N2O.C9H19NO.C9H19N.C8H18N2.C7H15N/c1-8(2)9(12)11-6-4-10(3)5-7-11;1-8(2)11-9-4-6-10(3)7-5-9;1-8(2)9-4-6-10(3)7-5-9;1-8(2)10-6-4-9(3)5-7-10;1-6(2)7-4-8(3)5-7/h8H,4-7H2,1-3H3;8-9H,4-7H2,1-3H3;8-9H,4-7H2,1-3H3;8H,4-7H2,1-3H3;6-7H,4-5H2,1-3H3. The van der Waals surface area contributed by atoms with Crippen LogP contribution in [0.15, 0.2) is 0 Å². The highest BCUT2D eigenvalue weighted by molar-refractivity contribution is 5.78. The number of piperazine rings is 2. The summed E-state index contributed by atoms with van der Waals surface area (Å²) in [6.45, 7) is 38.4. The second-order valence-corrected chi connectivity index (χ2v) is 18.0. The molecule has 0 aliphatic carbocycles. The number of likely N-dealkylation sites (N-methyl/N-ethyl adjacent to an activating group) is 2. The number of rotatable bonds is 6. The fourth-order valence-electron chi connectivity index (χ4n) is 7.10. The van der Waals surface area contributed by atoms with Crippen molar-refractivity contribution in [1.82, 2.24) is 34.3 Å². The fourth-order valence-corrected chi connectivity index (χ4v) is 7.10. The molecule has 5 aliphatic heterocycles. The van der Waals surface area contributed by atoms with Crippen LogP contribution in [-0.4, -0.2) is 185 Å². The minimum absolute atomic E-state index is 0.147. The summed E-state index contributed by atoms with van der Waals surface area (Å²) in [4.78, 5) is 27.8. The van der Waals surface area contributed by atoms with Crippen molar-refractivity contribution >= 4 is 5.91 Å². The van der Waals surface area contributed by atoms with Gasteiger partial charge in [0.05, 0.1) is 12.2 Å². The number of hydrogen-bond acceptors (Lipinski definition) is 8. The van der Waals surface area contributed by atoms with Crippen LogP contribution in [0.25, 0.3) is 0 Å². The van der Waals surface area contributed by atoms with Crippen LogP contribution in [0.1, 0.15) is 94.9 Å². The number of carbonyl (C=O) groups excluding carboxylic acids is 1. The van der Waals surface area contributed by atoms with Gasteiger partial charge in [-0.05, 0) is 125 Å². The van der Waals surface area contributed by atoms with Gasteiger partial charge in [-0.25, -0.2) is 0 Å². The monoisotopic (exact) mass is 724 g/mol. The van der Waals surface area contributed by atoms with Crippen molar-refractivity contribution in [1.29, 1.82) is 0 Å². The van der Waals surface area contributed by atoms with Gasteiger partial charge in [-0.3, -0.25) is 9.69 Å². The second kappa shape index (κ2) is 26.1. The van der Waals surface area contributed by atoms with E-state index in [0.29, 0.717) is 18.1 Å². The van der Waals surface area contributed by atoms with Crippen LogP contribution in [0.4, 0.5) is 0 Å². The highest BCUT2D eigenvalue weighted by atomic mass is 16.5. The van der Waals surface area contributed by atoms with E-state index in [1.165, 1.54) is 91.1 Å². The molecule has 304 valence electrons. The minimum atomic E-state index is 0.147. The molecule has 0 N–H and O–H groups in total. The first-order chi connectivity index (χ1) is 23.9. The molecule has 0 saturated carbocycles. The number of amides is 1. The first-order valence-corrected chi connectivity index (χ1v) is 21.0. The Morgan fingerprint density at radius 2 is 0.882 bits per heavy atom. The maximum atomic E-state index is 11.5. The van der Waals surface area contributed by atoms with Crippen LogP contribution in [0.2, 0.25) is 0 Å². The number of nitrogens with zero attached hydrogens (tertiary/aromatic N) is 7. The van der Waals surface area contributed by atoms with E-state index in [2.05, 4.69) is 120 Å². The van der Waals surface area contributed by atoms with Crippen molar-refractivity contribution in [2.75, 3.05) is 127 Å². The molecule has 0 aromatic heterocycles. The molecule has 51 heavy (non-hydrogen) atoms. The van der Waals surface area contributed by atoms with Gasteiger partial charge in [0.2, 0.25) is 5.91 Å². The number of likely N-dealkylation sites (tertiary alicyclic amines) is 3. The average molecular weight is 724 g/mol. The van der Waals surface area contributed by atoms with Gasteiger partial charge in [0.25, 0.3) is 0 Å². The zero-order chi connectivity index (χ0) is 38.7. The van der Waals surface area contributed by atoms with E-state index < -0.39 is 0 Å². The summed E-state index contributed by atoms with van der Waals surface area (Å²) in [5.74, 6) is 4.22. The number of hydrogen-bond donors (Lipinski definition) is 0. The van der Waals surface area contributed by atoms with Gasteiger partial charge in [-0.15, -0.1) is 0 Å². The van der Waals surface area contributed by atoms with Crippen LogP contribution in [0.5, 0.6) is 0 Å². The van der Waals surface area contributed by atoms with E-state index in [9.17, 15) is 4.79 Å². The van der Waals surface area contributed by atoms with Crippen LogP contribution in [-0.2, 0) is 9.53 Å². The first kappa shape index (κ1) is 48.2. The molecule has 5 saturated heterocycles. The number of carbonyl (C=O) groups is 1. The Hall–Kier alpha value is -0.810. The molecule has 0 unspecified atom stereocenters. The van der Waals surface area contributed by atoms with Crippen LogP contribution >= 0.6 is 0 Å².